The number of nitrogens with two attached hydrogens (primary N) is 1. The summed E-state index contributed by atoms with van der Waals surface area (Å²) in [4.78, 5) is 0. The lowest BCUT2D eigenvalue weighted by Crippen LogP contribution is -2.23. The topological polar surface area (TPSA) is 29.3 Å². The van der Waals surface area contributed by atoms with E-state index < -0.39 is 0 Å². The summed E-state index contributed by atoms with van der Waals surface area (Å²) < 4.78 is 0. The quantitative estimate of drug-likeness (QED) is 0.589. The van der Waals surface area contributed by atoms with E-state index in [0.717, 1.165) is 0 Å². The molecule has 0 bridgehead atoms. The van der Waals surface area contributed by atoms with E-state index in [1.165, 1.54) is 11.1 Å². The molecule has 0 aromatic heterocycles. The van der Waals surface area contributed by atoms with Crippen molar-refractivity contribution in [1.29, 1.82) is 0 Å². The summed E-state index contributed by atoms with van der Waals surface area (Å²) in [5.41, 5.74) is 2.46. The van der Waals surface area contributed by atoms with Crippen molar-refractivity contribution in [2.45, 2.75) is 27.3 Å². The first-order valence-corrected chi connectivity index (χ1v) is 4.92. The minimum atomic E-state index is 0.712. The standard InChI is InChI=1S/C10H14N2.C2H6/c1-3-12(11)8-10-6-4-9(2)5-7-10;1-2/h3-7H,1,8,11H2,2H3;1-2H3. The number of rotatable bonds is 3. The second kappa shape index (κ2) is 7.15. The second-order valence-corrected chi connectivity index (χ2v) is 2.84. The van der Waals surface area contributed by atoms with Crippen molar-refractivity contribution in [2.75, 3.05) is 0 Å². The maximum absolute atomic E-state index is 5.56. The van der Waals surface area contributed by atoms with Crippen molar-refractivity contribution >= 4 is 0 Å². The average molecular weight is 192 g/mol. The number of hydrogen-bond donors (Lipinski definition) is 1. The molecule has 0 atom stereocenters. The molecule has 0 heterocycles. The minimum absolute atomic E-state index is 0.712. The van der Waals surface area contributed by atoms with Gasteiger partial charge in [0.05, 0.1) is 6.54 Å². The predicted octanol–water partition coefficient (Wildman–Crippen LogP) is 2.84. The van der Waals surface area contributed by atoms with Crippen molar-refractivity contribution in [2.24, 2.45) is 5.84 Å². The monoisotopic (exact) mass is 192 g/mol. The summed E-state index contributed by atoms with van der Waals surface area (Å²) in [6.45, 7) is 10.4. The molecule has 0 aliphatic heterocycles. The predicted molar refractivity (Wildman–Crippen MR) is 62.5 cm³/mol. The number of hydrogen-bond acceptors (Lipinski definition) is 2. The number of aryl methyl sites for hydroxylation is 1. The first kappa shape index (κ1) is 12.7. The molecule has 1 rings (SSSR count). The van der Waals surface area contributed by atoms with Gasteiger partial charge in [-0.1, -0.05) is 50.3 Å². The molecule has 0 amide bonds. The van der Waals surface area contributed by atoms with Gasteiger partial charge in [0.1, 0.15) is 0 Å². The van der Waals surface area contributed by atoms with Crippen molar-refractivity contribution in [3.8, 4) is 0 Å². The summed E-state index contributed by atoms with van der Waals surface area (Å²) in [6, 6.07) is 8.29. The summed E-state index contributed by atoms with van der Waals surface area (Å²) in [6.07, 6.45) is 1.61. The van der Waals surface area contributed by atoms with Crippen LogP contribution in [0.1, 0.15) is 25.0 Å². The summed E-state index contributed by atoms with van der Waals surface area (Å²) in [7, 11) is 0. The molecule has 0 unspecified atom stereocenters. The van der Waals surface area contributed by atoms with E-state index >= 15 is 0 Å². The Labute approximate surface area is 87.0 Å². The van der Waals surface area contributed by atoms with Crippen LogP contribution in [-0.2, 0) is 6.54 Å². The molecule has 14 heavy (non-hydrogen) atoms. The first-order valence-electron chi connectivity index (χ1n) is 4.92. The lowest BCUT2D eigenvalue weighted by molar-refractivity contribution is 0.388. The van der Waals surface area contributed by atoms with Crippen LogP contribution in [0, 0.1) is 6.92 Å². The van der Waals surface area contributed by atoms with E-state index in [9.17, 15) is 0 Å². The Morgan fingerprint density at radius 1 is 1.29 bits per heavy atom. The van der Waals surface area contributed by atoms with Crippen LogP contribution in [0.3, 0.4) is 0 Å². The maximum Gasteiger partial charge on any atom is 0.0585 e. The molecule has 0 radical (unpaired) electrons. The van der Waals surface area contributed by atoms with Gasteiger partial charge in [0.25, 0.3) is 0 Å². The zero-order valence-electron chi connectivity index (χ0n) is 9.33. The van der Waals surface area contributed by atoms with Gasteiger partial charge in [-0.15, -0.1) is 0 Å². The van der Waals surface area contributed by atoms with Crippen LogP contribution in [-0.4, -0.2) is 5.01 Å². The minimum Gasteiger partial charge on any atom is -0.314 e. The Morgan fingerprint density at radius 3 is 2.21 bits per heavy atom. The summed E-state index contributed by atoms with van der Waals surface area (Å²) >= 11 is 0. The third-order valence-corrected chi connectivity index (χ3v) is 1.72. The molecule has 0 spiro atoms. The van der Waals surface area contributed by atoms with Gasteiger partial charge in [-0.05, 0) is 12.5 Å². The fourth-order valence-corrected chi connectivity index (χ4v) is 0.969. The molecular weight excluding hydrogens is 172 g/mol. The van der Waals surface area contributed by atoms with Gasteiger partial charge in [0.2, 0.25) is 0 Å². The Bertz CT molecular complexity index is 252. The molecule has 2 N–H and O–H groups in total. The third kappa shape index (κ3) is 4.67. The van der Waals surface area contributed by atoms with Crippen molar-refractivity contribution in [1.82, 2.24) is 5.01 Å². The van der Waals surface area contributed by atoms with E-state index in [0.29, 0.717) is 6.54 Å². The molecule has 2 heteroatoms. The van der Waals surface area contributed by atoms with Crippen molar-refractivity contribution in [3.05, 3.63) is 48.2 Å². The van der Waals surface area contributed by atoms with Gasteiger partial charge in [-0.3, -0.25) is 0 Å². The summed E-state index contributed by atoms with van der Waals surface area (Å²) in [5.74, 6) is 5.56. The molecular formula is C12H20N2. The Kier molecular flexibility index (Phi) is 6.50. The lowest BCUT2D eigenvalue weighted by Gasteiger charge is -2.12. The number of hydrazine groups is 1. The highest BCUT2D eigenvalue weighted by Gasteiger charge is 1.93. The number of benzene rings is 1. The van der Waals surface area contributed by atoms with Gasteiger partial charge in [0.15, 0.2) is 0 Å². The van der Waals surface area contributed by atoms with E-state index in [1.54, 1.807) is 11.2 Å². The van der Waals surface area contributed by atoms with Crippen LogP contribution < -0.4 is 5.84 Å². The van der Waals surface area contributed by atoms with Crippen LogP contribution in [0.15, 0.2) is 37.0 Å². The molecule has 1 aromatic carbocycles. The van der Waals surface area contributed by atoms with Crippen molar-refractivity contribution < 1.29 is 0 Å². The molecule has 78 valence electrons. The lowest BCUT2D eigenvalue weighted by atomic mass is 10.1. The second-order valence-electron chi connectivity index (χ2n) is 2.84. The Morgan fingerprint density at radius 2 is 1.79 bits per heavy atom. The maximum atomic E-state index is 5.56. The van der Waals surface area contributed by atoms with Gasteiger partial charge in [-0.2, -0.15) is 0 Å². The van der Waals surface area contributed by atoms with Gasteiger partial charge in [-0.25, -0.2) is 5.84 Å². The van der Waals surface area contributed by atoms with Gasteiger partial charge in [0, 0.05) is 6.20 Å². The molecule has 0 aliphatic rings. The molecule has 0 saturated carbocycles. The highest BCUT2D eigenvalue weighted by molar-refractivity contribution is 5.21. The van der Waals surface area contributed by atoms with Crippen LogP contribution in [0.2, 0.25) is 0 Å². The smallest absolute Gasteiger partial charge is 0.0585 e. The zero-order valence-corrected chi connectivity index (χ0v) is 9.33. The largest absolute Gasteiger partial charge is 0.314 e. The van der Waals surface area contributed by atoms with Crippen LogP contribution in [0.25, 0.3) is 0 Å². The molecule has 0 saturated heterocycles. The third-order valence-electron chi connectivity index (χ3n) is 1.72. The Hall–Kier alpha value is -1.28. The van der Waals surface area contributed by atoms with E-state index in [4.69, 9.17) is 5.84 Å². The highest BCUT2D eigenvalue weighted by Crippen LogP contribution is 2.04. The zero-order chi connectivity index (χ0) is 11.0. The van der Waals surface area contributed by atoms with Gasteiger partial charge < -0.3 is 5.01 Å². The van der Waals surface area contributed by atoms with E-state index in [-0.39, 0.29) is 0 Å². The van der Waals surface area contributed by atoms with Gasteiger partial charge >= 0.3 is 0 Å². The molecule has 2 nitrogen and oxygen atoms in total. The SMILES string of the molecule is C=CN(N)Cc1ccc(C)cc1.CC. The number of nitrogens with zero attached hydrogens (tertiary/aromatic N) is 1. The van der Waals surface area contributed by atoms with Crippen LogP contribution >= 0.6 is 0 Å². The molecule has 0 fully saturated rings. The fraction of sp³-hybridized carbons (Fsp3) is 0.333. The first-order chi connectivity index (χ1) is 6.72. The molecule has 1 aromatic rings. The van der Waals surface area contributed by atoms with E-state index in [1.807, 2.05) is 13.8 Å². The fourth-order valence-electron chi connectivity index (χ4n) is 0.969. The van der Waals surface area contributed by atoms with E-state index in [2.05, 4.69) is 37.8 Å². The van der Waals surface area contributed by atoms with Crippen LogP contribution in [0.4, 0.5) is 0 Å². The normalized spacial score (nSPS) is 8.57. The highest BCUT2D eigenvalue weighted by atomic mass is 15.4. The Balaban J connectivity index is 0.000000791. The van der Waals surface area contributed by atoms with Crippen molar-refractivity contribution in [3.63, 3.8) is 0 Å². The molecule has 0 aliphatic carbocycles. The average Bonchev–Trinajstić information content (AvgIpc) is 2.24. The van der Waals surface area contributed by atoms with Crippen LogP contribution in [0.5, 0.6) is 0 Å². The summed E-state index contributed by atoms with van der Waals surface area (Å²) in [5, 5.41) is 1.56.